The largest absolute Gasteiger partial charge is 0.465 e. The van der Waals surface area contributed by atoms with E-state index in [2.05, 4.69) is 4.74 Å². The molecule has 6 nitrogen and oxygen atoms in total. The van der Waals surface area contributed by atoms with Gasteiger partial charge in [0.1, 0.15) is 0 Å². The first-order valence-corrected chi connectivity index (χ1v) is 8.74. The molecule has 0 spiro atoms. The van der Waals surface area contributed by atoms with E-state index < -0.39 is 22.1 Å². The summed E-state index contributed by atoms with van der Waals surface area (Å²) in [5.74, 6) is -0.617. The molecule has 1 N–H and O–H groups in total. The fourth-order valence-corrected chi connectivity index (χ4v) is 3.80. The van der Waals surface area contributed by atoms with Crippen LogP contribution < -0.4 is 4.31 Å². The molecule has 7 heteroatoms. The van der Waals surface area contributed by atoms with E-state index in [4.69, 9.17) is 0 Å². The molecule has 0 fully saturated rings. The second-order valence-electron chi connectivity index (χ2n) is 5.24. The van der Waals surface area contributed by atoms with Gasteiger partial charge < -0.3 is 9.84 Å². The average Bonchev–Trinajstić information content (AvgIpc) is 2.59. The molecule has 0 aromatic heterocycles. The molecule has 128 valence electrons. The predicted octanol–water partition coefficient (Wildman–Crippen LogP) is 2.05. The maximum atomic E-state index is 13.0. The van der Waals surface area contributed by atoms with Crippen molar-refractivity contribution in [1.29, 1.82) is 0 Å². The van der Waals surface area contributed by atoms with Crippen molar-refractivity contribution in [2.45, 2.75) is 17.9 Å². The number of nitrogens with zero attached hydrogens (tertiary/aromatic N) is 1. The number of carbonyl (C=O) groups is 1. The van der Waals surface area contributed by atoms with Crippen LogP contribution in [0.15, 0.2) is 59.5 Å². The van der Waals surface area contributed by atoms with Gasteiger partial charge in [-0.15, -0.1) is 0 Å². The molecule has 24 heavy (non-hydrogen) atoms. The number of ether oxygens (including phenoxy) is 1. The summed E-state index contributed by atoms with van der Waals surface area (Å²) in [4.78, 5) is 11.6. The van der Waals surface area contributed by atoms with E-state index in [1.54, 1.807) is 30.3 Å². The van der Waals surface area contributed by atoms with Crippen molar-refractivity contribution in [3.05, 3.63) is 60.2 Å². The van der Waals surface area contributed by atoms with Crippen molar-refractivity contribution >= 4 is 21.7 Å². The minimum absolute atomic E-state index is 0.0464. The Kier molecular flexibility index (Phi) is 5.58. The van der Waals surface area contributed by atoms with E-state index in [1.165, 1.54) is 38.3 Å². The summed E-state index contributed by atoms with van der Waals surface area (Å²) in [6.07, 6.45) is -0.858. The Morgan fingerprint density at radius 1 is 1.17 bits per heavy atom. The van der Waals surface area contributed by atoms with Gasteiger partial charge in [-0.1, -0.05) is 24.3 Å². The Morgan fingerprint density at radius 3 is 2.42 bits per heavy atom. The van der Waals surface area contributed by atoms with E-state index in [0.717, 1.165) is 4.31 Å². The first-order valence-electron chi connectivity index (χ1n) is 7.30. The highest BCUT2D eigenvalue weighted by Gasteiger charge is 2.26. The van der Waals surface area contributed by atoms with Crippen molar-refractivity contribution < 1.29 is 23.1 Å². The number of methoxy groups -OCH3 is 1. The lowest BCUT2D eigenvalue weighted by molar-refractivity contribution is 0.0600. The van der Waals surface area contributed by atoms with Gasteiger partial charge in [0.05, 0.1) is 35.9 Å². The number of esters is 1. The minimum Gasteiger partial charge on any atom is -0.465 e. The monoisotopic (exact) mass is 349 g/mol. The van der Waals surface area contributed by atoms with Crippen molar-refractivity contribution in [2.75, 3.05) is 18.0 Å². The Morgan fingerprint density at radius 2 is 1.83 bits per heavy atom. The summed E-state index contributed by atoms with van der Waals surface area (Å²) in [7, 11) is -2.72. The second kappa shape index (κ2) is 7.46. The van der Waals surface area contributed by atoms with E-state index in [1.807, 2.05) is 0 Å². The maximum absolute atomic E-state index is 13.0. The molecule has 0 aliphatic carbocycles. The molecular formula is C17H19NO5S. The van der Waals surface area contributed by atoms with E-state index in [0.29, 0.717) is 5.69 Å². The number of hydrogen-bond acceptors (Lipinski definition) is 5. The topological polar surface area (TPSA) is 83.9 Å². The average molecular weight is 349 g/mol. The summed E-state index contributed by atoms with van der Waals surface area (Å²) in [5, 5.41) is 9.69. The van der Waals surface area contributed by atoms with Crippen LogP contribution in [0.2, 0.25) is 0 Å². The minimum atomic E-state index is -3.95. The lowest BCUT2D eigenvalue weighted by atomic mass is 10.2. The molecular weight excluding hydrogens is 330 g/mol. The number of para-hydroxylation sites is 1. The first kappa shape index (κ1) is 18.0. The SMILES string of the molecule is COC(=O)c1cccc(S(=O)(=O)N(CC(C)O)c2ccccc2)c1. The van der Waals surface area contributed by atoms with Crippen LogP contribution in [0.4, 0.5) is 5.69 Å². The Labute approximate surface area is 141 Å². The van der Waals surface area contributed by atoms with Crippen LogP contribution in [-0.2, 0) is 14.8 Å². The lowest BCUT2D eigenvalue weighted by Crippen LogP contribution is -2.36. The molecule has 0 bridgehead atoms. The van der Waals surface area contributed by atoms with Gasteiger partial charge in [0, 0.05) is 0 Å². The van der Waals surface area contributed by atoms with Crippen LogP contribution >= 0.6 is 0 Å². The van der Waals surface area contributed by atoms with Crippen molar-refractivity contribution in [1.82, 2.24) is 0 Å². The molecule has 1 atom stereocenters. The van der Waals surface area contributed by atoms with Gasteiger partial charge in [0.15, 0.2) is 0 Å². The molecule has 0 heterocycles. The lowest BCUT2D eigenvalue weighted by Gasteiger charge is -2.25. The summed E-state index contributed by atoms with van der Waals surface area (Å²) < 4.78 is 31.7. The van der Waals surface area contributed by atoms with E-state index >= 15 is 0 Å². The highest BCUT2D eigenvalue weighted by molar-refractivity contribution is 7.92. The third-order valence-electron chi connectivity index (χ3n) is 3.32. The zero-order valence-electron chi connectivity index (χ0n) is 13.4. The number of sulfonamides is 1. The molecule has 1 unspecified atom stereocenters. The fourth-order valence-electron chi connectivity index (χ4n) is 2.21. The number of aliphatic hydroxyl groups is 1. The van der Waals surface area contributed by atoms with Gasteiger partial charge in [-0.3, -0.25) is 4.31 Å². The number of aliphatic hydroxyl groups excluding tert-OH is 1. The number of rotatable bonds is 6. The summed E-state index contributed by atoms with van der Waals surface area (Å²) >= 11 is 0. The third kappa shape index (κ3) is 3.93. The van der Waals surface area contributed by atoms with Crippen molar-refractivity contribution in [2.24, 2.45) is 0 Å². The molecule has 0 aliphatic heterocycles. The maximum Gasteiger partial charge on any atom is 0.337 e. The molecule has 0 aliphatic rings. The van der Waals surface area contributed by atoms with Gasteiger partial charge in [-0.05, 0) is 37.3 Å². The number of hydrogen-bond donors (Lipinski definition) is 1. The zero-order valence-corrected chi connectivity index (χ0v) is 14.2. The number of anilines is 1. The predicted molar refractivity (Wildman–Crippen MR) is 90.4 cm³/mol. The molecule has 0 radical (unpaired) electrons. The Balaban J connectivity index is 2.50. The summed E-state index contributed by atoms with van der Waals surface area (Å²) in [6, 6.07) is 14.1. The zero-order chi connectivity index (χ0) is 17.7. The standard InChI is InChI=1S/C17H19NO5S/c1-13(19)12-18(15-8-4-3-5-9-15)24(21,22)16-10-6-7-14(11-16)17(20)23-2/h3-11,13,19H,12H2,1-2H3. The van der Waals surface area contributed by atoms with Crippen molar-refractivity contribution in [3.63, 3.8) is 0 Å². The normalized spacial score (nSPS) is 12.5. The fraction of sp³-hybridized carbons (Fsp3) is 0.235. The Bertz CT molecular complexity index is 803. The van der Waals surface area contributed by atoms with Crippen LogP contribution in [0.1, 0.15) is 17.3 Å². The number of benzene rings is 2. The van der Waals surface area contributed by atoms with Crippen LogP contribution in [0.5, 0.6) is 0 Å². The Hall–Kier alpha value is -2.38. The smallest absolute Gasteiger partial charge is 0.337 e. The third-order valence-corrected chi connectivity index (χ3v) is 5.11. The van der Waals surface area contributed by atoms with E-state index in [-0.39, 0.29) is 17.0 Å². The van der Waals surface area contributed by atoms with E-state index in [9.17, 15) is 18.3 Å². The van der Waals surface area contributed by atoms with Crippen LogP contribution in [0.3, 0.4) is 0 Å². The number of carbonyl (C=O) groups excluding carboxylic acids is 1. The van der Waals surface area contributed by atoms with Gasteiger partial charge in [-0.25, -0.2) is 13.2 Å². The van der Waals surface area contributed by atoms with Gasteiger partial charge in [-0.2, -0.15) is 0 Å². The van der Waals surface area contributed by atoms with Gasteiger partial charge >= 0.3 is 5.97 Å². The highest BCUT2D eigenvalue weighted by atomic mass is 32.2. The summed E-state index contributed by atoms with van der Waals surface area (Å²) in [6.45, 7) is 1.41. The molecule has 2 aromatic rings. The molecule has 0 saturated carbocycles. The highest BCUT2D eigenvalue weighted by Crippen LogP contribution is 2.24. The quantitative estimate of drug-likeness (QED) is 0.807. The van der Waals surface area contributed by atoms with Crippen LogP contribution in [0, 0.1) is 0 Å². The first-order chi connectivity index (χ1) is 11.4. The van der Waals surface area contributed by atoms with Crippen LogP contribution in [0.25, 0.3) is 0 Å². The molecule has 0 amide bonds. The molecule has 0 saturated heterocycles. The molecule has 2 rings (SSSR count). The second-order valence-corrected chi connectivity index (χ2v) is 7.10. The van der Waals surface area contributed by atoms with Crippen LogP contribution in [-0.4, -0.2) is 39.3 Å². The van der Waals surface area contributed by atoms with Crippen molar-refractivity contribution in [3.8, 4) is 0 Å². The summed E-state index contributed by atoms with van der Waals surface area (Å²) in [5.41, 5.74) is 0.575. The van der Waals surface area contributed by atoms with Gasteiger partial charge in [0.2, 0.25) is 0 Å². The van der Waals surface area contributed by atoms with Gasteiger partial charge in [0.25, 0.3) is 10.0 Å². The molecule has 2 aromatic carbocycles.